The van der Waals surface area contributed by atoms with Gasteiger partial charge in [0, 0.05) is 6.54 Å². The predicted molar refractivity (Wildman–Crippen MR) is 81.9 cm³/mol. The van der Waals surface area contributed by atoms with E-state index in [0.29, 0.717) is 6.54 Å². The van der Waals surface area contributed by atoms with Gasteiger partial charge in [0.2, 0.25) is 6.79 Å². The van der Waals surface area contributed by atoms with Gasteiger partial charge in [-0.2, -0.15) is 18.2 Å². The first kappa shape index (κ1) is 19.9. The van der Waals surface area contributed by atoms with Crippen LogP contribution >= 0.6 is 0 Å². The molecule has 3 N–H and O–H groups in total. The van der Waals surface area contributed by atoms with Gasteiger partial charge in [0.05, 0.1) is 0 Å². The van der Waals surface area contributed by atoms with Crippen molar-refractivity contribution in [3.05, 3.63) is 35.7 Å². The second-order valence-electron chi connectivity index (χ2n) is 5.01. The summed E-state index contributed by atoms with van der Waals surface area (Å²) in [4.78, 5) is 23.3. The lowest BCUT2D eigenvalue weighted by atomic mass is 10.1. The number of aromatic carboxylic acids is 1. The number of benzene rings is 1. The van der Waals surface area contributed by atoms with E-state index < -0.39 is 18.1 Å². The monoisotopic (exact) mass is 390 g/mol. The predicted octanol–water partition coefficient (Wildman–Crippen LogP) is 2.39. The average Bonchev–Trinajstić information content (AvgIpc) is 3.23. The number of aromatic nitrogens is 1. The van der Waals surface area contributed by atoms with E-state index in [2.05, 4.69) is 10.3 Å². The molecule has 1 aromatic carbocycles. The van der Waals surface area contributed by atoms with Crippen molar-refractivity contribution in [2.75, 3.05) is 18.7 Å². The van der Waals surface area contributed by atoms with E-state index in [9.17, 15) is 18.0 Å². The van der Waals surface area contributed by atoms with E-state index in [-0.39, 0.29) is 18.5 Å². The number of oxazole rings is 1. The van der Waals surface area contributed by atoms with Crippen LogP contribution < -0.4 is 14.8 Å². The number of carboxylic acid groups (broad SMARTS) is 2. The van der Waals surface area contributed by atoms with Gasteiger partial charge >= 0.3 is 18.1 Å². The lowest BCUT2D eigenvalue weighted by molar-refractivity contribution is -0.192. The molecule has 0 atom stereocenters. The van der Waals surface area contributed by atoms with Crippen LogP contribution in [0.4, 0.5) is 19.2 Å². The Kier molecular flexibility index (Phi) is 6.11. The molecule has 0 unspecified atom stereocenters. The Hall–Kier alpha value is -3.44. The zero-order chi connectivity index (χ0) is 20.0. The number of hydrogen-bond acceptors (Lipinski definition) is 7. The van der Waals surface area contributed by atoms with Crippen molar-refractivity contribution in [2.24, 2.45) is 0 Å². The zero-order valence-electron chi connectivity index (χ0n) is 13.4. The molecule has 0 radical (unpaired) electrons. The third-order valence-electron chi connectivity index (χ3n) is 3.09. The van der Waals surface area contributed by atoms with Crippen molar-refractivity contribution in [3.63, 3.8) is 0 Å². The number of ether oxygens (including phenoxy) is 2. The number of carboxylic acids is 2. The van der Waals surface area contributed by atoms with E-state index in [4.69, 9.17) is 28.9 Å². The van der Waals surface area contributed by atoms with Crippen molar-refractivity contribution in [3.8, 4) is 11.5 Å². The third kappa shape index (κ3) is 5.80. The maximum atomic E-state index is 10.6. The normalized spacial score (nSPS) is 12.1. The van der Waals surface area contributed by atoms with Crippen LogP contribution in [0.5, 0.6) is 11.5 Å². The second-order valence-corrected chi connectivity index (χ2v) is 5.01. The molecule has 12 heteroatoms. The van der Waals surface area contributed by atoms with Gasteiger partial charge in [-0.1, -0.05) is 6.07 Å². The summed E-state index contributed by atoms with van der Waals surface area (Å²) in [6.07, 6.45) is -3.26. The van der Waals surface area contributed by atoms with Gasteiger partial charge in [0.1, 0.15) is 6.26 Å². The number of fused-ring (bicyclic) bond motifs is 1. The number of aliphatic carboxylic acids is 1. The molecule has 146 valence electrons. The van der Waals surface area contributed by atoms with Gasteiger partial charge in [-0.05, 0) is 24.1 Å². The molecule has 27 heavy (non-hydrogen) atoms. The Morgan fingerprint density at radius 1 is 1.19 bits per heavy atom. The number of anilines is 1. The summed E-state index contributed by atoms with van der Waals surface area (Å²) in [5.41, 5.74) is 0.961. The summed E-state index contributed by atoms with van der Waals surface area (Å²) < 4.78 is 47.3. The first-order chi connectivity index (χ1) is 12.7. The quantitative estimate of drug-likeness (QED) is 0.704. The largest absolute Gasteiger partial charge is 0.490 e. The van der Waals surface area contributed by atoms with Gasteiger partial charge < -0.3 is 29.4 Å². The smallest absolute Gasteiger partial charge is 0.476 e. The van der Waals surface area contributed by atoms with Crippen molar-refractivity contribution in [1.82, 2.24) is 4.98 Å². The minimum Gasteiger partial charge on any atom is -0.476 e. The van der Waals surface area contributed by atoms with Crippen molar-refractivity contribution in [1.29, 1.82) is 0 Å². The molecule has 0 aliphatic carbocycles. The molecule has 1 aromatic heterocycles. The lowest BCUT2D eigenvalue weighted by Crippen LogP contribution is -2.21. The number of nitrogens with one attached hydrogen (secondary N) is 1. The number of hydrogen-bond donors (Lipinski definition) is 3. The van der Waals surface area contributed by atoms with Gasteiger partial charge in [0.25, 0.3) is 6.01 Å². The molecule has 0 spiro atoms. The maximum Gasteiger partial charge on any atom is 0.490 e. The van der Waals surface area contributed by atoms with Crippen LogP contribution in [0.3, 0.4) is 0 Å². The summed E-state index contributed by atoms with van der Waals surface area (Å²) in [5.74, 6) is -2.38. The maximum absolute atomic E-state index is 10.6. The number of carbonyl (C=O) groups is 2. The molecule has 0 amide bonds. The molecular weight excluding hydrogens is 377 g/mol. The summed E-state index contributed by atoms with van der Waals surface area (Å²) >= 11 is 0. The van der Waals surface area contributed by atoms with Crippen LogP contribution in [0.1, 0.15) is 16.1 Å². The van der Waals surface area contributed by atoms with Crippen molar-refractivity contribution < 1.29 is 46.9 Å². The highest BCUT2D eigenvalue weighted by Crippen LogP contribution is 2.32. The van der Waals surface area contributed by atoms with Crippen molar-refractivity contribution >= 4 is 18.0 Å². The Morgan fingerprint density at radius 2 is 1.85 bits per heavy atom. The average molecular weight is 390 g/mol. The Labute approximate surface area is 149 Å². The van der Waals surface area contributed by atoms with Crippen LogP contribution in [0.2, 0.25) is 0 Å². The Morgan fingerprint density at radius 3 is 2.44 bits per heavy atom. The minimum absolute atomic E-state index is 0.115. The molecule has 1 aliphatic rings. The number of nitrogens with zero attached hydrogens (tertiary/aromatic N) is 1. The van der Waals surface area contributed by atoms with Gasteiger partial charge in [-0.15, -0.1) is 0 Å². The summed E-state index contributed by atoms with van der Waals surface area (Å²) in [6.45, 7) is 0.824. The zero-order valence-corrected chi connectivity index (χ0v) is 13.4. The molecular formula is C15H13F3N2O7. The fraction of sp³-hybridized carbons (Fsp3) is 0.267. The third-order valence-corrected chi connectivity index (χ3v) is 3.09. The van der Waals surface area contributed by atoms with E-state index in [1.807, 2.05) is 18.2 Å². The molecule has 1 aliphatic heterocycles. The summed E-state index contributed by atoms with van der Waals surface area (Å²) in [7, 11) is 0. The van der Waals surface area contributed by atoms with Crippen LogP contribution in [0, 0.1) is 0 Å². The highest BCUT2D eigenvalue weighted by molar-refractivity contribution is 5.85. The lowest BCUT2D eigenvalue weighted by Gasteiger charge is -2.03. The minimum atomic E-state index is -5.08. The molecule has 9 nitrogen and oxygen atoms in total. The van der Waals surface area contributed by atoms with Crippen LogP contribution in [-0.4, -0.2) is 46.6 Å². The standard InChI is InChI=1S/C13H12N2O5.C2HF3O2/c16-12(17)9-6-18-13(15-9)14-4-3-8-1-2-10-11(5-8)20-7-19-10;3-2(4,5)1(6)7/h1-2,5-6H,3-4,7H2,(H,14,15)(H,16,17);(H,6,7). The van der Waals surface area contributed by atoms with E-state index in [1.165, 1.54) is 0 Å². The molecule has 0 bridgehead atoms. The SMILES string of the molecule is O=C(O)C(F)(F)F.O=C(O)c1coc(NCCc2ccc3c(c2)OCO3)n1. The number of alkyl halides is 3. The molecule has 0 fully saturated rings. The van der Waals surface area contributed by atoms with Gasteiger partial charge in [-0.25, -0.2) is 9.59 Å². The molecule has 3 rings (SSSR count). The highest BCUT2D eigenvalue weighted by atomic mass is 19.4. The summed E-state index contributed by atoms with van der Waals surface area (Å²) in [6, 6.07) is 5.93. The molecule has 2 heterocycles. The first-order valence-corrected chi connectivity index (χ1v) is 7.28. The van der Waals surface area contributed by atoms with Crippen molar-refractivity contribution in [2.45, 2.75) is 12.6 Å². The van der Waals surface area contributed by atoms with Gasteiger partial charge in [0.15, 0.2) is 17.2 Å². The Bertz CT molecular complexity index is 820. The summed E-state index contributed by atoms with van der Waals surface area (Å²) in [5, 5.41) is 18.8. The van der Waals surface area contributed by atoms with E-state index in [1.54, 1.807) is 0 Å². The highest BCUT2D eigenvalue weighted by Gasteiger charge is 2.38. The van der Waals surface area contributed by atoms with Gasteiger partial charge in [-0.3, -0.25) is 0 Å². The molecule has 0 saturated heterocycles. The van der Waals surface area contributed by atoms with Crippen LogP contribution in [-0.2, 0) is 11.2 Å². The number of halogens is 3. The first-order valence-electron chi connectivity index (χ1n) is 7.28. The topological polar surface area (TPSA) is 131 Å². The fourth-order valence-corrected chi connectivity index (χ4v) is 1.86. The Balaban J connectivity index is 0.000000321. The fourth-order valence-electron chi connectivity index (χ4n) is 1.86. The van der Waals surface area contributed by atoms with Crippen LogP contribution in [0.15, 0.2) is 28.9 Å². The molecule has 0 saturated carbocycles. The van der Waals surface area contributed by atoms with E-state index in [0.717, 1.165) is 29.7 Å². The number of rotatable bonds is 5. The van der Waals surface area contributed by atoms with E-state index >= 15 is 0 Å². The second kappa shape index (κ2) is 8.29. The van der Waals surface area contributed by atoms with Crippen LogP contribution in [0.25, 0.3) is 0 Å². The molecule has 2 aromatic rings.